The lowest BCUT2D eigenvalue weighted by molar-refractivity contribution is -0.113. The van der Waals surface area contributed by atoms with E-state index in [0.717, 1.165) is 0 Å². The summed E-state index contributed by atoms with van der Waals surface area (Å²) in [6, 6.07) is -0.986. The van der Waals surface area contributed by atoms with E-state index in [-0.39, 0.29) is 0 Å². The summed E-state index contributed by atoms with van der Waals surface area (Å²) in [7, 11) is 0. The standard InChI is InChI=1S/C3H5N3O3/c4-3(8)6-2(7)1-5-9/h1,9H,(H3,4,6,7,8). The van der Waals surface area contributed by atoms with E-state index in [0.29, 0.717) is 6.21 Å². The van der Waals surface area contributed by atoms with Crippen molar-refractivity contribution < 1.29 is 14.8 Å². The second-order valence-corrected chi connectivity index (χ2v) is 1.10. The van der Waals surface area contributed by atoms with Crippen molar-refractivity contribution in [3.8, 4) is 0 Å². The Hall–Kier alpha value is -1.59. The molecule has 0 aliphatic heterocycles. The van der Waals surface area contributed by atoms with Gasteiger partial charge >= 0.3 is 6.03 Å². The molecule has 0 aromatic heterocycles. The molecule has 6 nitrogen and oxygen atoms in total. The Kier molecular flexibility index (Phi) is 2.81. The number of rotatable bonds is 1. The number of urea groups is 1. The van der Waals surface area contributed by atoms with Crippen molar-refractivity contribution in [3.63, 3.8) is 0 Å². The summed E-state index contributed by atoms with van der Waals surface area (Å²) in [5.41, 5.74) is 4.51. The van der Waals surface area contributed by atoms with Gasteiger partial charge in [0.1, 0.15) is 6.21 Å². The summed E-state index contributed by atoms with van der Waals surface area (Å²) in [4.78, 5) is 20.0. The molecule has 0 rings (SSSR count). The van der Waals surface area contributed by atoms with Crippen LogP contribution < -0.4 is 11.1 Å². The van der Waals surface area contributed by atoms with Crippen molar-refractivity contribution in [2.75, 3.05) is 0 Å². The van der Waals surface area contributed by atoms with Crippen molar-refractivity contribution in [1.29, 1.82) is 0 Å². The molecule has 0 bridgehead atoms. The highest BCUT2D eigenvalue weighted by Gasteiger charge is 1.97. The first-order chi connectivity index (χ1) is 4.16. The number of oxime groups is 1. The first kappa shape index (κ1) is 7.41. The zero-order valence-electron chi connectivity index (χ0n) is 4.37. The third-order valence-corrected chi connectivity index (χ3v) is 0.421. The molecule has 6 heteroatoms. The Morgan fingerprint density at radius 2 is 2.22 bits per heavy atom. The second kappa shape index (κ2) is 3.42. The molecule has 0 radical (unpaired) electrons. The van der Waals surface area contributed by atoms with Crippen LogP contribution in [0.1, 0.15) is 0 Å². The summed E-state index contributed by atoms with van der Waals surface area (Å²) in [6.07, 6.45) is 0.519. The fourth-order valence-corrected chi connectivity index (χ4v) is 0.206. The molecule has 50 valence electrons. The lowest BCUT2D eigenvalue weighted by atomic mass is 10.7. The Bertz CT molecular complexity index is 152. The molecule has 0 aromatic rings. The third kappa shape index (κ3) is 4.26. The van der Waals surface area contributed by atoms with E-state index in [1.807, 2.05) is 0 Å². The molecule has 9 heavy (non-hydrogen) atoms. The molecule has 0 aliphatic carbocycles. The largest absolute Gasteiger partial charge is 0.411 e. The molecule has 0 heterocycles. The van der Waals surface area contributed by atoms with Gasteiger partial charge in [-0.05, 0) is 0 Å². The topological polar surface area (TPSA) is 105 Å². The van der Waals surface area contributed by atoms with Crippen LogP contribution in [0.15, 0.2) is 5.16 Å². The van der Waals surface area contributed by atoms with Gasteiger partial charge in [0.2, 0.25) is 0 Å². The molecule has 0 aromatic carbocycles. The zero-order valence-corrected chi connectivity index (χ0v) is 4.37. The number of primary amides is 1. The quantitative estimate of drug-likeness (QED) is 0.232. The molecule has 0 aliphatic rings. The van der Waals surface area contributed by atoms with E-state index >= 15 is 0 Å². The van der Waals surface area contributed by atoms with Gasteiger partial charge in [0.05, 0.1) is 0 Å². The third-order valence-electron chi connectivity index (χ3n) is 0.421. The molecule has 0 saturated carbocycles. The van der Waals surface area contributed by atoms with Crippen LogP contribution in [-0.2, 0) is 4.79 Å². The van der Waals surface area contributed by atoms with Crippen LogP contribution in [0, 0.1) is 0 Å². The number of carbonyl (C=O) groups is 2. The summed E-state index contributed by atoms with van der Waals surface area (Å²) >= 11 is 0. The van der Waals surface area contributed by atoms with Crippen molar-refractivity contribution >= 4 is 18.2 Å². The highest BCUT2D eigenvalue weighted by Crippen LogP contribution is 1.58. The van der Waals surface area contributed by atoms with Crippen LogP contribution in [0.25, 0.3) is 0 Å². The van der Waals surface area contributed by atoms with Gasteiger partial charge in [-0.15, -0.1) is 0 Å². The Labute approximate surface area is 50.3 Å². The van der Waals surface area contributed by atoms with Crippen LogP contribution in [-0.4, -0.2) is 23.4 Å². The van der Waals surface area contributed by atoms with E-state index in [1.54, 1.807) is 5.32 Å². The van der Waals surface area contributed by atoms with Crippen molar-refractivity contribution in [1.82, 2.24) is 5.32 Å². The molecule has 0 atom stereocenters. The van der Waals surface area contributed by atoms with E-state index in [2.05, 4.69) is 10.9 Å². The van der Waals surface area contributed by atoms with Crippen LogP contribution >= 0.6 is 0 Å². The monoisotopic (exact) mass is 131 g/mol. The fraction of sp³-hybridized carbons (Fsp3) is 0. The maximum atomic E-state index is 10.1. The maximum absolute atomic E-state index is 10.1. The summed E-state index contributed by atoms with van der Waals surface area (Å²) in [5.74, 6) is -0.856. The normalized spacial score (nSPS) is 9.33. The lowest BCUT2D eigenvalue weighted by Gasteiger charge is -1.89. The molecule has 4 N–H and O–H groups in total. The molecule has 0 spiro atoms. The number of nitrogens with one attached hydrogen (secondary N) is 1. The summed E-state index contributed by atoms with van der Waals surface area (Å²) in [5, 5.41) is 11.7. The van der Waals surface area contributed by atoms with E-state index in [4.69, 9.17) is 5.21 Å². The van der Waals surface area contributed by atoms with Gasteiger partial charge in [0.25, 0.3) is 5.91 Å². The van der Waals surface area contributed by atoms with Crippen LogP contribution in [0.2, 0.25) is 0 Å². The number of carbonyl (C=O) groups excluding carboxylic acids is 2. The average Bonchev–Trinajstić information content (AvgIpc) is 1.63. The van der Waals surface area contributed by atoms with Crippen molar-refractivity contribution in [2.24, 2.45) is 10.9 Å². The van der Waals surface area contributed by atoms with E-state index < -0.39 is 11.9 Å². The number of hydrogen-bond acceptors (Lipinski definition) is 4. The molecule has 0 unspecified atom stereocenters. The molecule has 0 saturated heterocycles. The molecule has 3 amide bonds. The fourth-order valence-electron chi connectivity index (χ4n) is 0.206. The molecular weight excluding hydrogens is 126 g/mol. The SMILES string of the molecule is NC(=O)NC(=O)C=NO. The van der Waals surface area contributed by atoms with Crippen molar-refractivity contribution in [3.05, 3.63) is 0 Å². The minimum Gasteiger partial charge on any atom is -0.411 e. The highest BCUT2D eigenvalue weighted by atomic mass is 16.4. The zero-order chi connectivity index (χ0) is 7.28. The van der Waals surface area contributed by atoms with Crippen molar-refractivity contribution in [2.45, 2.75) is 0 Å². The lowest BCUT2D eigenvalue weighted by Crippen LogP contribution is -2.35. The average molecular weight is 131 g/mol. The van der Waals surface area contributed by atoms with Crippen LogP contribution in [0.4, 0.5) is 4.79 Å². The Morgan fingerprint density at radius 1 is 1.67 bits per heavy atom. The molecule has 0 fully saturated rings. The van der Waals surface area contributed by atoms with Crippen LogP contribution in [0.3, 0.4) is 0 Å². The highest BCUT2D eigenvalue weighted by molar-refractivity contribution is 6.29. The smallest absolute Gasteiger partial charge is 0.319 e. The van der Waals surface area contributed by atoms with Gasteiger partial charge < -0.3 is 10.9 Å². The first-order valence-corrected chi connectivity index (χ1v) is 1.94. The number of imide groups is 1. The minimum atomic E-state index is -0.986. The predicted molar refractivity (Wildman–Crippen MR) is 28.0 cm³/mol. The Balaban J connectivity index is 3.64. The molecular formula is C3H5N3O3. The number of nitrogens with zero attached hydrogens (tertiary/aromatic N) is 1. The number of amides is 3. The van der Waals surface area contributed by atoms with Gasteiger partial charge in [0, 0.05) is 0 Å². The number of hydrogen-bond donors (Lipinski definition) is 3. The maximum Gasteiger partial charge on any atom is 0.319 e. The summed E-state index contributed by atoms with van der Waals surface area (Å²) < 4.78 is 0. The first-order valence-electron chi connectivity index (χ1n) is 1.94. The van der Waals surface area contributed by atoms with E-state index in [9.17, 15) is 9.59 Å². The second-order valence-electron chi connectivity index (χ2n) is 1.10. The van der Waals surface area contributed by atoms with Gasteiger partial charge in [-0.2, -0.15) is 0 Å². The van der Waals surface area contributed by atoms with Gasteiger partial charge in [0.15, 0.2) is 0 Å². The Morgan fingerprint density at radius 3 is 2.56 bits per heavy atom. The van der Waals surface area contributed by atoms with Crippen LogP contribution in [0.5, 0.6) is 0 Å². The minimum absolute atomic E-state index is 0.519. The van der Waals surface area contributed by atoms with E-state index in [1.165, 1.54) is 0 Å². The summed E-state index contributed by atoms with van der Waals surface area (Å²) in [6.45, 7) is 0. The van der Waals surface area contributed by atoms with Gasteiger partial charge in [-0.3, -0.25) is 10.1 Å². The van der Waals surface area contributed by atoms with Gasteiger partial charge in [-0.25, -0.2) is 4.79 Å². The number of nitrogens with two attached hydrogens (primary N) is 1. The predicted octanol–water partition coefficient (Wildman–Crippen LogP) is -1.36. The van der Waals surface area contributed by atoms with Gasteiger partial charge in [-0.1, -0.05) is 5.16 Å².